The van der Waals surface area contributed by atoms with Crippen molar-refractivity contribution in [2.75, 3.05) is 33.1 Å². The molecule has 0 aliphatic rings. The molecule has 1 aromatic carbocycles. The number of quaternary nitrogens is 1. The molecule has 0 fully saturated rings. The highest BCUT2D eigenvalue weighted by molar-refractivity contribution is 5.51. The lowest BCUT2D eigenvalue weighted by molar-refractivity contribution is -0.557. The molecule has 0 radical (unpaired) electrons. The zero-order valence-electron chi connectivity index (χ0n) is 12.0. The average molecular weight is 260 g/mol. The molecule has 102 valence electrons. The first kappa shape index (κ1) is 14.9. The lowest BCUT2D eigenvalue weighted by Crippen LogP contribution is -2.72. The fraction of sp³-hybridized carbons (Fsp3) is 0.286. The molecule has 1 rings (SSSR count). The Hall–Kier alpha value is -2.14. The van der Waals surface area contributed by atoms with Crippen LogP contribution >= 0.6 is 0 Å². The normalized spacial score (nSPS) is 11.2. The van der Waals surface area contributed by atoms with Crippen molar-refractivity contribution in [3.8, 4) is 0 Å². The van der Waals surface area contributed by atoms with E-state index < -0.39 is 0 Å². The van der Waals surface area contributed by atoms with Crippen LogP contribution in [0.25, 0.3) is 0 Å². The van der Waals surface area contributed by atoms with Crippen molar-refractivity contribution in [3.63, 3.8) is 0 Å². The number of hydrogen-bond acceptors (Lipinski definition) is 4. The molecule has 0 aromatic heterocycles. The van der Waals surface area contributed by atoms with Crippen LogP contribution in [0, 0.1) is 0 Å². The van der Waals surface area contributed by atoms with Gasteiger partial charge in [0.25, 0.3) is 0 Å². The quantitative estimate of drug-likeness (QED) is 0.794. The molecule has 0 aliphatic carbocycles. The highest BCUT2D eigenvalue weighted by Crippen LogP contribution is 2.19. The fourth-order valence-corrected chi connectivity index (χ4v) is 1.30. The van der Waals surface area contributed by atoms with Gasteiger partial charge in [-0.25, -0.2) is 0 Å². The Balaban J connectivity index is 2.65. The summed E-state index contributed by atoms with van der Waals surface area (Å²) in [6, 6.07) is 7.88. The van der Waals surface area contributed by atoms with Gasteiger partial charge in [0, 0.05) is 26.8 Å². The molecule has 5 nitrogen and oxygen atoms in total. The van der Waals surface area contributed by atoms with E-state index in [2.05, 4.69) is 16.8 Å². The number of nitrogens with zero attached hydrogens (tertiary/aromatic N) is 4. The molecule has 0 aliphatic heterocycles. The minimum absolute atomic E-state index is 0.592. The molecule has 0 atom stereocenters. The van der Waals surface area contributed by atoms with Crippen LogP contribution in [-0.2, 0) is 0 Å². The molecule has 0 bridgehead atoms. The summed E-state index contributed by atoms with van der Waals surface area (Å²) in [7, 11) is 7.85. The van der Waals surface area contributed by atoms with Gasteiger partial charge in [-0.15, -0.1) is 10.2 Å². The van der Waals surface area contributed by atoms with Gasteiger partial charge in [-0.2, -0.15) is 0 Å². The second kappa shape index (κ2) is 7.33. The third-order valence-electron chi connectivity index (χ3n) is 2.56. The minimum atomic E-state index is 0.592. The van der Waals surface area contributed by atoms with Crippen molar-refractivity contribution in [1.29, 1.82) is 0 Å². The number of nitrogens with two attached hydrogens (primary N) is 1. The molecule has 0 unspecified atom stereocenters. The Labute approximate surface area is 114 Å². The van der Waals surface area contributed by atoms with Crippen molar-refractivity contribution >= 4 is 11.4 Å². The van der Waals surface area contributed by atoms with Crippen LogP contribution in [0.3, 0.4) is 0 Å². The maximum atomic E-state index is 4.16. The average Bonchev–Trinajstić information content (AvgIpc) is 2.42. The second-order valence-electron chi connectivity index (χ2n) is 4.31. The van der Waals surface area contributed by atoms with E-state index >= 15 is 0 Å². The summed E-state index contributed by atoms with van der Waals surface area (Å²) in [6.45, 7) is 3.86. The molecular formula is C14H22N5+. The monoisotopic (exact) mass is 260 g/mol. The lowest BCUT2D eigenvalue weighted by atomic mass is 10.3. The molecule has 5 heteroatoms. The largest absolute Gasteiger partial charge is 0.378 e. The van der Waals surface area contributed by atoms with Crippen LogP contribution in [0.1, 0.15) is 0 Å². The molecule has 0 saturated carbocycles. The Kier molecular flexibility index (Phi) is 5.75. The van der Waals surface area contributed by atoms with Crippen LogP contribution in [0.15, 0.2) is 59.3 Å². The first-order valence-electron chi connectivity index (χ1n) is 6.11. The van der Waals surface area contributed by atoms with E-state index in [9.17, 15) is 0 Å². The maximum Gasteiger partial charge on any atom is 0.147 e. The minimum Gasteiger partial charge on any atom is -0.378 e. The number of rotatable bonds is 6. The SMILES string of the molecule is C=C(N=Nc1ccc(N(C)C)cc1)N(C)C=C[NH2+]C. The summed E-state index contributed by atoms with van der Waals surface area (Å²) >= 11 is 0. The van der Waals surface area contributed by atoms with Gasteiger partial charge in [-0.05, 0) is 24.3 Å². The summed E-state index contributed by atoms with van der Waals surface area (Å²) in [5.41, 5.74) is 1.95. The molecule has 0 saturated heterocycles. The lowest BCUT2D eigenvalue weighted by Gasteiger charge is -2.12. The van der Waals surface area contributed by atoms with Crippen molar-refractivity contribution in [2.24, 2.45) is 10.2 Å². The van der Waals surface area contributed by atoms with E-state index in [4.69, 9.17) is 0 Å². The van der Waals surface area contributed by atoms with E-state index in [0.29, 0.717) is 5.82 Å². The standard InChI is InChI=1S/C14H21N5/c1-12(19(5)11-10-15-2)16-17-13-6-8-14(9-7-13)18(3)4/h6-11,15H,1H2,2-5H3/p+1. The molecule has 1 aromatic rings. The molecule has 0 amide bonds. The smallest absolute Gasteiger partial charge is 0.147 e. The summed E-state index contributed by atoms with van der Waals surface area (Å²) in [5.74, 6) is 0.592. The van der Waals surface area contributed by atoms with Crippen LogP contribution in [0.4, 0.5) is 11.4 Å². The topological polar surface area (TPSA) is 47.8 Å². The van der Waals surface area contributed by atoms with Crippen molar-refractivity contribution in [1.82, 2.24) is 4.90 Å². The third kappa shape index (κ3) is 4.93. The molecular weight excluding hydrogens is 238 g/mol. The summed E-state index contributed by atoms with van der Waals surface area (Å²) in [4.78, 5) is 3.86. The zero-order valence-corrected chi connectivity index (χ0v) is 12.0. The van der Waals surface area contributed by atoms with Gasteiger partial charge >= 0.3 is 0 Å². The number of hydrogen-bond donors (Lipinski definition) is 1. The van der Waals surface area contributed by atoms with E-state index in [0.717, 1.165) is 11.4 Å². The summed E-state index contributed by atoms with van der Waals surface area (Å²) in [5, 5.41) is 10.2. The Morgan fingerprint density at radius 3 is 2.37 bits per heavy atom. The van der Waals surface area contributed by atoms with Crippen LogP contribution in [0.5, 0.6) is 0 Å². The predicted molar refractivity (Wildman–Crippen MR) is 79.2 cm³/mol. The van der Waals surface area contributed by atoms with Gasteiger partial charge in [0.2, 0.25) is 0 Å². The van der Waals surface area contributed by atoms with Gasteiger partial charge < -0.3 is 15.1 Å². The second-order valence-corrected chi connectivity index (χ2v) is 4.31. The molecule has 2 N–H and O–H groups in total. The highest BCUT2D eigenvalue weighted by Gasteiger charge is 1.97. The number of benzene rings is 1. The van der Waals surface area contributed by atoms with Gasteiger partial charge in [0.1, 0.15) is 12.0 Å². The zero-order chi connectivity index (χ0) is 14.3. The van der Waals surface area contributed by atoms with E-state index in [-0.39, 0.29) is 0 Å². The van der Waals surface area contributed by atoms with E-state index in [1.807, 2.05) is 80.0 Å². The van der Waals surface area contributed by atoms with Crippen LogP contribution in [0.2, 0.25) is 0 Å². The number of azo groups is 1. The Bertz CT molecular complexity index is 459. The molecule has 0 spiro atoms. The Morgan fingerprint density at radius 1 is 1.21 bits per heavy atom. The molecule has 0 heterocycles. The molecule has 19 heavy (non-hydrogen) atoms. The predicted octanol–water partition coefficient (Wildman–Crippen LogP) is 1.90. The van der Waals surface area contributed by atoms with E-state index in [1.54, 1.807) is 0 Å². The van der Waals surface area contributed by atoms with E-state index in [1.165, 1.54) is 0 Å². The van der Waals surface area contributed by atoms with Crippen molar-refractivity contribution in [2.45, 2.75) is 0 Å². The Morgan fingerprint density at radius 2 is 1.84 bits per heavy atom. The van der Waals surface area contributed by atoms with Gasteiger partial charge in [0.05, 0.1) is 18.9 Å². The van der Waals surface area contributed by atoms with Crippen LogP contribution < -0.4 is 10.2 Å². The highest BCUT2D eigenvalue weighted by atomic mass is 15.3. The summed E-state index contributed by atoms with van der Waals surface area (Å²) < 4.78 is 0. The third-order valence-corrected chi connectivity index (χ3v) is 2.56. The fourth-order valence-electron chi connectivity index (χ4n) is 1.30. The first-order valence-corrected chi connectivity index (χ1v) is 6.11. The maximum absolute atomic E-state index is 4.16. The number of anilines is 1. The van der Waals surface area contributed by atoms with Gasteiger partial charge in [0.15, 0.2) is 0 Å². The van der Waals surface area contributed by atoms with Crippen molar-refractivity contribution < 1.29 is 5.32 Å². The van der Waals surface area contributed by atoms with Crippen molar-refractivity contribution in [3.05, 3.63) is 49.1 Å². The summed E-state index contributed by atoms with van der Waals surface area (Å²) in [6.07, 6.45) is 3.81. The van der Waals surface area contributed by atoms with Gasteiger partial charge in [-0.3, -0.25) is 0 Å². The first-order chi connectivity index (χ1) is 9.04. The van der Waals surface area contributed by atoms with Crippen LogP contribution in [-0.4, -0.2) is 33.1 Å². The van der Waals surface area contributed by atoms with Gasteiger partial charge in [-0.1, -0.05) is 6.58 Å².